The number of amides is 2. The SMILES string of the molecule is CCN1C(=O)/C(=C/c2cn(CC(=O)N3CCCC3)c3ccccc23)N(C)C1=S. The Balaban J connectivity index is 1.71. The molecule has 28 heavy (non-hydrogen) atoms. The lowest BCUT2D eigenvalue weighted by atomic mass is 10.1. The van der Waals surface area contributed by atoms with Gasteiger partial charge in [0, 0.05) is 49.3 Å². The molecule has 0 aliphatic carbocycles. The molecule has 3 heterocycles. The topological polar surface area (TPSA) is 48.8 Å². The van der Waals surface area contributed by atoms with Crippen molar-refractivity contribution in [1.82, 2.24) is 19.3 Å². The van der Waals surface area contributed by atoms with Crippen molar-refractivity contribution in [3.05, 3.63) is 41.7 Å². The van der Waals surface area contributed by atoms with Gasteiger partial charge in [0.25, 0.3) is 5.91 Å². The van der Waals surface area contributed by atoms with Gasteiger partial charge in [-0.3, -0.25) is 14.5 Å². The summed E-state index contributed by atoms with van der Waals surface area (Å²) in [4.78, 5) is 30.6. The van der Waals surface area contributed by atoms with E-state index in [9.17, 15) is 9.59 Å². The van der Waals surface area contributed by atoms with Crippen LogP contribution in [0.3, 0.4) is 0 Å². The van der Waals surface area contributed by atoms with E-state index in [1.807, 2.05) is 60.0 Å². The van der Waals surface area contributed by atoms with Crippen LogP contribution in [0, 0.1) is 0 Å². The lowest BCUT2D eigenvalue weighted by Crippen LogP contribution is -2.30. The number of fused-ring (bicyclic) bond motifs is 1. The lowest BCUT2D eigenvalue weighted by Gasteiger charge is -2.16. The Morgan fingerprint density at radius 3 is 2.61 bits per heavy atom. The third-order valence-electron chi connectivity index (χ3n) is 5.54. The number of likely N-dealkylation sites (N-methyl/N-ethyl adjacent to an activating group) is 2. The van der Waals surface area contributed by atoms with Crippen molar-refractivity contribution < 1.29 is 9.59 Å². The molecule has 0 N–H and O–H groups in total. The van der Waals surface area contributed by atoms with Crippen LogP contribution in [-0.2, 0) is 16.1 Å². The molecule has 6 nitrogen and oxygen atoms in total. The van der Waals surface area contributed by atoms with Crippen LogP contribution in [-0.4, -0.2) is 62.9 Å². The van der Waals surface area contributed by atoms with Crippen LogP contribution in [0.1, 0.15) is 25.3 Å². The van der Waals surface area contributed by atoms with Gasteiger partial charge < -0.3 is 14.4 Å². The molecule has 0 spiro atoms. The Hall–Kier alpha value is -2.67. The number of aromatic nitrogens is 1. The van der Waals surface area contributed by atoms with Gasteiger partial charge in [0.05, 0.1) is 0 Å². The zero-order chi connectivity index (χ0) is 19.8. The quantitative estimate of drug-likeness (QED) is 0.589. The summed E-state index contributed by atoms with van der Waals surface area (Å²) in [5, 5.41) is 1.54. The first-order chi connectivity index (χ1) is 13.5. The molecule has 0 saturated carbocycles. The van der Waals surface area contributed by atoms with E-state index in [-0.39, 0.29) is 11.8 Å². The molecule has 2 aromatic rings. The largest absolute Gasteiger partial charge is 0.341 e. The number of benzene rings is 1. The molecule has 0 radical (unpaired) electrons. The number of thiocarbonyl (C=S) groups is 1. The predicted molar refractivity (Wildman–Crippen MR) is 113 cm³/mol. The van der Waals surface area contributed by atoms with E-state index < -0.39 is 0 Å². The van der Waals surface area contributed by atoms with Crippen molar-refractivity contribution in [2.75, 3.05) is 26.7 Å². The van der Waals surface area contributed by atoms with Gasteiger partial charge >= 0.3 is 0 Å². The number of likely N-dealkylation sites (tertiary alicyclic amines) is 1. The Labute approximate surface area is 170 Å². The standard InChI is InChI=1S/C21H24N4O2S/c1-3-25-20(27)18(22(2)21(25)28)12-15-13-24(17-9-5-4-8-16(15)17)14-19(26)23-10-6-7-11-23/h4-5,8-9,12-13H,3,6-7,10-11,14H2,1-2H3/b18-12-. The van der Waals surface area contributed by atoms with Crippen molar-refractivity contribution in [2.24, 2.45) is 0 Å². The Kier molecular flexibility index (Phi) is 4.93. The highest BCUT2D eigenvalue weighted by atomic mass is 32.1. The average Bonchev–Trinajstić information content (AvgIpc) is 3.39. The maximum Gasteiger partial charge on any atom is 0.276 e. The van der Waals surface area contributed by atoms with E-state index in [4.69, 9.17) is 12.2 Å². The fraction of sp³-hybridized carbons (Fsp3) is 0.381. The van der Waals surface area contributed by atoms with Crippen molar-refractivity contribution >= 4 is 46.1 Å². The molecule has 0 bridgehead atoms. The molecule has 7 heteroatoms. The van der Waals surface area contributed by atoms with Crippen LogP contribution in [0.25, 0.3) is 17.0 Å². The number of carbonyl (C=O) groups excluding carboxylic acids is 2. The fourth-order valence-electron chi connectivity index (χ4n) is 3.97. The third kappa shape index (κ3) is 3.09. The van der Waals surface area contributed by atoms with Gasteiger partial charge in [0.15, 0.2) is 5.11 Å². The first kappa shape index (κ1) is 18.7. The van der Waals surface area contributed by atoms with E-state index in [1.165, 1.54) is 0 Å². The number of hydrogen-bond acceptors (Lipinski definition) is 3. The summed E-state index contributed by atoms with van der Waals surface area (Å²) in [6.45, 7) is 4.46. The summed E-state index contributed by atoms with van der Waals surface area (Å²) >= 11 is 5.39. The zero-order valence-corrected chi connectivity index (χ0v) is 17.0. The van der Waals surface area contributed by atoms with E-state index >= 15 is 0 Å². The number of carbonyl (C=O) groups is 2. The molecule has 0 atom stereocenters. The maximum atomic E-state index is 12.7. The van der Waals surface area contributed by atoms with Crippen LogP contribution in [0.5, 0.6) is 0 Å². The van der Waals surface area contributed by atoms with Crippen molar-refractivity contribution in [3.8, 4) is 0 Å². The van der Waals surface area contributed by atoms with Gasteiger partial charge in [-0.2, -0.15) is 0 Å². The van der Waals surface area contributed by atoms with Crippen molar-refractivity contribution in [3.63, 3.8) is 0 Å². The van der Waals surface area contributed by atoms with Crippen LogP contribution >= 0.6 is 12.2 Å². The zero-order valence-electron chi connectivity index (χ0n) is 16.2. The monoisotopic (exact) mass is 396 g/mol. The van der Waals surface area contributed by atoms with Crippen LogP contribution < -0.4 is 0 Å². The molecular formula is C21H24N4O2S. The van der Waals surface area contributed by atoms with E-state index in [0.29, 0.717) is 23.9 Å². The molecule has 146 valence electrons. The third-order valence-corrected chi connectivity index (χ3v) is 6.03. The number of rotatable bonds is 4. The van der Waals surface area contributed by atoms with Gasteiger partial charge in [-0.1, -0.05) is 18.2 Å². The van der Waals surface area contributed by atoms with E-state index in [1.54, 1.807) is 9.80 Å². The Morgan fingerprint density at radius 1 is 1.21 bits per heavy atom. The Bertz CT molecular complexity index is 987. The molecule has 4 rings (SSSR count). The molecular weight excluding hydrogens is 372 g/mol. The van der Waals surface area contributed by atoms with Gasteiger partial charge in [-0.15, -0.1) is 0 Å². The number of hydrogen-bond donors (Lipinski definition) is 0. The fourth-order valence-corrected chi connectivity index (χ4v) is 4.28. The summed E-state index contributed by atoms with van der Waals surface area (Å²) in [5.74, 6) is 0.0600. The van der Waals surface area contributed by atoms with E-state index in [0.717, 1.165) is 42.4 Å². The smallest absolute Gasteiger partial charge is 0.276 e. The van der Waals surface area contributed by atoms with Crippen LogP contribution in [0.4, 0.5) is 0 Å². The van der Waals surface area contributed by atoms with Gasteiger partial charge in [-0.05, 0) is 44.1 Å². The summed E-state index contributed by atoms with van der Waals surface area (Å²) < 4.78 is 1.98. The maximum absolute atomic E-state index is 12.7. The number of nitrogens with zero attached hydrogens (tertiary/aromatic N) is 4. The van der Waals surface area contributed by atoms with Gasteiger partial charge in [0.2, 0.25) is 5.91 Å². The summed E-state index contributed by atoms with van der Waals surface area (Å²) in [6, 6.07) is 7.97. The minimum atomic E-state index is -0.0834. The highest BCUT2D eigenvalue weighted by Crippen LogP contribution is 2.27. The normalized spacial score (nSPS) is 18.9. The molecule has 2 fully saturated rings. The van der Waals surface area contributed by atoms with Crippen LogP contribution in [0.2, 0.25) is 0 Å². The van der Waals surface area contributed by atoms with Gasteiger partial charge in [-0.25, -0.2) is 0 Å². The first-order valence-electron chi connectivity index (χ1n) is 9.68. The second kappa shape index (κ2) is 7.39. The summed E-state index contributed by atoms with van der Waals surface area (Å²) in [7, 11) is 1.82. The highest BCUT2D eigenvalue weighted by molar-refractivity contribution is 7.80. The lowest BCUT2D eigenvalue weighted by molar-refractivity contribution is -0.130. The minimum Gasteiger partial charge on any atom is -0.341 e. The molecule has 1 aromatic carbocycles. The van der Waals surface area contributed by atoms with Crippen molar-refractivity contribution in [2.45, 2.75) is 26.3 Å². The van der Waals surface area contributed by atoms with E-state index in [2.05, 4.69) is 0 Å². The molecule has 2 aliphatic rings. The minimum absolute atomic E-state index is 0.0834. The Morgan fingerprint density at radius 2 is 1.93 bits per heavy atom. The van der Waals surface area contributed by atoms with Crippen molar-refractivity contribution in [1.29, 1.82) is 0 Å². The molecule has 0 unspecified atom stereocenters. The summed E-state index contributed by atoms with van der Waals surface area (Å²) in [5.41, 5.74) is 2.46. The molecule has 1 aromatic heterocycles. The summed E-state index contributed by atoms with van der Waals surface area (Å²) in [6.07, 6.45) is 6.00. The molecule has 2 saturated heterocycles. The number of para-hydroxylation sites is 1. The van der Waals surface area contributed by atoms with Gasteiger partial charge in [0.1, 0.15) is 12.2 Å². The van der Waals surface area contributed by atoms with Crippen LogP contribution in [0.15, 0.2) is 36.2 Å². The average molecular weight is 397 g/mol. The molecule has 2 amide bonds. The highest BCUT2D eigenvalue weighted by Gasteiger charge is 2.34. The second-order valence-corrected chi connectivity index (χ2v) is 7.60. The molecule has 2 aliphatic heterocycles. The second-order valence-electron chi connectivity index (χ2n) is 7.24. The predicted octanol–water partition coefficient (Wildman–Crippen LogP) is 2.68. The first-order valence-corrected chi connectivity index (χ1v) is 10.1.